The third-order valence-corrected chi connectivity index (χ3v) is 1.90. The number of hydrazine groups is 1. The van der Waals surface area contributed by atoms with Crippen LogP contribution in [0, 0.1) is 0 Å². The van der Waals surface area contributed by atoms with Crippen LogP contribution < -0.4 is 0 Å². The number of rotatable bonds is 1. The highest BCUT2D eigenvalue weighted by Gasteiger charge is 2.19. The Balaban J connectivity index is 0.000000461. The number of hydrogen-bond acceptors (Lipinski definition) is 2. The lowest BCUT2D eigenvalue weighted by Crippen LogP contribution is -2.38. The number of nitrogens with zero attached hydrogens (tertiary/aromatic N) is 2. The van der Waals surface area contributed by atoms with Gasteiger partial charge in [0.25, 0.3) is 0 Å². The Labute approximate surface area is 71.1 Å². The van der Waals surface area contributed by atoms with Gasteiger partial charge in [-0.3, -0.25) is 0 Å². The van der Waals surface area contributed by atoms with Crippen molar-refractivity contribution >= 4 is 0 Å². The summed E-state index contributed by atoms with van der Waals surface area (Å²) in [6.07, 6.45) is 1.33. The van der Waals surface area contributed by atoms with Crippen LogP contribution >= 0.6 is 0 Å². The monoisotopic (exact) mass is 158 g/mol. The molecule has 0 radical (unpaired) electrons. The van der Waals surface area contributed by atoms with Gasteiger partial charge in [0.2, 0.25) is 0 Å². The Kier molecular flexibility index (Phi) is 5.51. The molecule has 0 bridgehead atoms. The van der Waals surface area contributed by atoms with E-state index in [9.17, 15) is 0 Å². The Hall–Kier alpha value is -0.0800. The van der Waals surface area contributed by atoms with Crippen LogP contribution in [-0.2, 0) is 0 Å². The zero-order valence-corrected chi connectivity index (χ0v) is 8.59. The van der Waals surface area contributed by atoms with E-state index in [0.29, 0.717) is 6.04 Å². The first-order valence-corrected chi connectivity index (χ1v) is 4.69. The second-order valence-corrected chi connectivity index (χ2v) is 2.99. The molecule has 0 aliphatic carbocycles. The van der Waals surface area contributed by atoms with Gasteiger partial charge in [-0.25, -0.2) is 10.0 Å². The van der Waals surface area contributed by atoms with Crippen molar-refractivity contribution in [1.29, 1.82) is 0 Å². The molecule has 1 saturated heterocycles. The molecule has 11 heavy (non-hydrogen) atoms. The lowest BCUT2D eigenvalue weighted by molar-refractivity contribution is 0.0242. The average Bonchev–Trinajstić information content (AvgIpc) is 2.39. The summed E-state index contributed by atoms with van der Waals surface area (Å²) in [5.74, 6) is 0. The summed E-state index contributed by atoms with van der Waals surface area (Å²) in [6, 6.07) is 0.678. The minimum Gasteiger partial charge on any atom is -0.245 e. The van der Waals surface area contributed by atoms with E-state index >= 15 is 0 Å². The van der Waals surface area contributed by atoms with Crippen LogP contribution in [0.4, 0.5) is 0 Å². The van der Waals surface area contributed by atoms with Gasteiger partial charge in [0.1, 0.15) is 0 Å². The van der Waals surface area contributed by atoms with Crippen LogP contribution in [0.15, 0.2) is 0 Å². The standard InChI is InChI=1S/C7H16N2.C2H6/c1-7(2)9-6-4-5-8(9)3;1-2/h7H,4-6H2,1-3H3;1-2H3. The predicted molar refractivity (Wildman–Crippen MR) is 50.4 cm³/mol. The van der Waals surface area contributed by atoms with Crippen LogP contribution in [-0.4, -0.2) is 36.2 Å². The van der Waals surface area contributed by atoms with Crippen LogP contribution in [0.5, 0.6) is 0 Å². The van der Waals surface area contributed by atoms with Gasteiger partial charge in [-0.15, -0.1) is 0 Å². The largest absolute Gasteiger partial charge is 0.245 e. The van der Waals surface area contributed by atoms with Gasteiger partial charge in [-0.2, -0.15) is 0 Å². The summed E-state index contributed by atoms with van der Waals surface area (Å²) in [5, 5.41) is 4.71. The predicted octanol–water partition coefficient (Wildman–Crippen LogP) is 1.97. The van der Waals surface area contributed by atoms with E-state index in [1.165, 1.54) is 19.5 Å². The molecule has 68 valence electrons. The van der Waals surface area contributed by atoms with E-state index in [0.717, 1.165) is 0 Å². The highest BCUT2D eigenvalue weighted by molar-refractivity contribution is 4.66. The molecule has 0 saturated carbocycles. The van der Waals surface area contributed by atoms with E-state index in [1.807, 2.05) is 13.8 Å². The van der Waals surface area contributed by atoms with Crippen LogP contribution in [0.1, 0.15) is 34.1 Å². The van der Waals surface area contributed by atoms with E-state index in [1.54, 1.807) is 0 Å². The van der Waals surface area contributed by atoms with Crippen molar-refractivity contribution in [2.24, 2.45) is 0 Å². The van der Waals surface area contributed by atoms with Gasteiger partial charge in [-0.05, 0) is 20.3 Å². The highest BCUT2D eigenvalue weighted by Crippen LogP contribution is 2.10. The van der Waals surface area contributed by atoms with Crippen molar-refractivity contribution in [2.45, 2.75) is 40.2 Å². The second-order valence-electron chi connectivity index (χ2n) is 2.99. The van der Waals surface area contributed by atoms with Crippen molar-refractivity contribution < 1.29 is 0 Å². The van der Waals surface area contributed by atoms with E-state index < -0.39 is 0 Å². The quantitative estimate of drug-likeness (QED) is 0.575. The molecule has 0 aromatic rings. The smallest absolute Gasteiger partial charge is 0.0189 e. The molecule has 1 aliphatic rings. The number of hydrogen-bond donors (Lipinski definition) is 0. The maximum absolute atomic E-state index is 2.40. The van der Waals surface area contributed by atoms with Gasteiger partial charge < -0.3 is 0 Å². The molecule has 0 unspecified atom stereocenters. The minimum absolute atomic E-state index is 0.678. The molecule has 2 nitrogen and oxygen atoms in total. The maximum Gasteiger partial charge on any atom is 0.0189 e. The summed E-state index contributed by atoms with van der Waals surface area (Å²) in [4.78, 5) is 0. The summed E-state index contributed by atoms with van der Waals surface area (Å²) >= 11 is 0. The first kappa shape index (κ1) is 10.9. The van der Waals surface area contributed by atoms with E-state index in [4.69, 9.17) is 0 Å². The Morgan fingerprint density at radius 2 is 1.64 bits per heavy atom. The zero-order chi connectivity index (χ0) is 8.85. The third-order valence-electron chi connectivity index (χ3n) is 1.90. The van der Waals surface area contributed by atoms with Crippen molar-refractivity contribution in [2.75, 3.05) is 20.1 Å². The molecule has 0 N–H and O–H groups in total. The van der Waals surface area contributed by atoms with Crippen molar-refractivity contribution in [3.05, 3.63) is 0 Å². The zero-order valence-electron chi connectivity index (χ0n) is 8.59. The fourth-order valence-corrected chi connectivity index (χ4v) is 1.41. The molecule has 0 atom stereocenters. The molecule has 1 heterocycles. The molecule has 0 aromatic carbocycles. The van der Waals surface area contributed by atoms with Crippen LogP contribution in [0.25, 0.3) is 0 Å². The summed E-state index contributed by atoms with van der Waals surface area (Å²) in [5.41, 5.74) is 0. The lowest BCUT2D eigenvalue weighted by atomic mass is 10.4. The molecule has 1 fully saturated rings. The van der Waals surface area contributed by atoms with Crippen LogP contribution in [0.2, 0.25) is 0 Å². The highest BCUT2D eigenvalue weighted by atomic mass is 15.6. The van der Waals surface area contributed by atoms with Crippen molar-refractivity contribution in [1.82, 2.24) is 10.0 Å². The molecule has 1 aliphatic heterocycles. The lowest BCUT2D eigenvalue weighted by Gasteiger charge is -2.27. The van der Waals surface area contributed by atoms with Crippen molar-refractivity contribution in [3.8, 4) is 0 Å². The average molecular weight is 158 g/mol. The van der Waals surface area contributed by atoms with E-state index in [2.05, 4.69) is 30.9 Å². The SMILES string of the molecule is CC.CC(C)N1CCCN1C. The van der Waals surface area contributed by atoms with Gasteiger partial charge in [-0.1, -0.05) is 13.8 Å². The Morgan fingerprint density at radius 1 is 1.09 bits per heavy atom. The van der Waals surface area contributed by atoms with Gasteiger partial charge >= 0.3 is 0 Å². The Morgan fingerprint density at radius 3 is 1.82 bits per heavy atom. The normalized spacial score (nSPS) is 20.2. The van der Waals surface area contributed by atoms with Gasteiger partial charge in [0.05, 0.1) is 0 Å². The maximum atomic E-state index is 2.40. The summed E-state index contributed by atoms with van der Waals surface area (Å²) in [7, 11) is 2.16. The molecule has 2 heteroatoms. The molecule has 1 rings (SSSR count). The van der Waals surface area contributed by atoms with Crippen LogP contribution in [0.3, 0.4) is 0 Å². The first-order valence-electron chi connectivity index (χ1n) is 4.69. The fraction of sp³-hybridized carbons (Fsp3) is 1.00. The van der Waals surface area contributed by atoms with Gasteiger partial charge in [0, 0.05) is 26.2 Å². The first-order chi connectivity index (χ1) is 5.22. The second kappa shape index (κ2) is 5.56. The van der Waals surface area contributed by atoms with Crippen molar-refractivity contribution in [3.63, 3.8) is 0 Å². The summed E-state index contributed by atoms with van der Waals surface area (Å²) in [6.45, 7) is 11.0. The molecule has 0 aromatic heterocycles. The van der Waals surface area contributed by atoms with E-state index in [-0.39, 0.29) is 0 Å². The fourth-order valence-electron chi connectivity index (χ4n) is 1.41. The van der Waals surface area contributed by atoms with Gasteiger partial charge in [0.15, 0.2) is 0 Å². The molecule has 0 amide bonds. The molecular formula is C9H22N2. The molecular weight excluding hydrogens is 136 g/mol. The summed E-state index contributed by atoms with van der Waals surface area (Å²) < 4.78 is 0. The molecule has 0 spiro atoms. The topological polar surface area (TPSA) is 6.48 Å². The third kappa shape index (κ3) is 3.21. The Bertz CT molecular complexity index is 91.6. The minimum atomic E-state index is 0.678.